The highest BCUT2D eigenvalue weighted by Gasteiger charge is 2.48. The summed E-state index contributed by atoms with van der Waals surface area (Å²) in [5, 5.41) is 5.73. The van der Waals surface area contributed by atoms with Crippen LogP contribution in [0.3, 0.4) is 0 Å². The SMILES string of the molecule is CCN1C(=O)N[C@@H](c2ccccc2C(F)(F)F)C2=C1CN([C@@H](CC(C)C)C(=O)NC1CCN(C)CC1)C2=O. The average Bonchev–Trinajstić information content (AvgIpc) is 3.19. The monoisotopic (exact) mass is 535 g/mol. The van der Waals surface area contributed by atoms with Crippen molar-refractivity contribution >= 4 is 17.8 Å². The Labute approximate surface area is 221 Å². The standard InChI is InChI=1S/C27H36F3N5O3/c1-5-34-21-15-35(20(14-16(2)3)24(36)31-17-10-12-33(4)13-11-17)25(37)22(21)23(32-26(34)38)18-8-6-7-9-19(18)27(28,29)30/h6-9,16-17,20,23H,5,10-15H2,1-4H3,(H,31,36)(H,32,38)/t20-,23-/m0/s1. The Bertz CT molecular complexity index is 1110. The van der Waals surface area contributed by atoms with Crippen molar-refractivity contribution in [1.29, 1.82) is 0 Å². The fourth-order valence-corrected chi connectivity index (χ4v) is 5.61. The number of likely N-dealkylation sites (tertiary alicyclic amines) is 1. The molecule has 1 aromatic rings. The van der Waals surface area contributed by atoms with E-state index in [0.717, 1.165) is 32.0 Å². The molecule has 208 valence electrons. The number of carbonyl (C=O) groups excluding carboxylic acids is 3. The predicted octanol–water partition coefficient (Wildman–Crippen LogP) is 3.51. The molecular formula is C27H36F3N5O3. The van der Waals surface area contributed by atoms with Crippen LogP contribution < -0.4 is 10.6 Å². The first-order chi connectivity index (χ1) is 17.9. The number of nitrogens with one attached hydrogen (secondary N) is 2. The molecule has 4 amide bonds. The van der Waals surface area contributed by atoms with Gasteiger partial charge < -0.3 is 20.4 Å². The van der Waals surface area contributed by atoms with E-state index < -0.39 is 35.8 Å². The van der Waals surface area contributed by atoms with E-state index in [9.17, 15) is 27.6 Å². The summed E-state index contributed by atoms with van der Waals surface area (Å²) in [5.74, 6) is -0.710. The number of carbonyl (C=O) groups is 3. The van der Waals surface area contributed by atoms with Crippen molar-refractivity contribution < 1.29 is 27.6 Å². The maximum Gasteiger partial charge on any atom is 0.416 e. The molecule has 3 aliphatic heterocycles. The number of alkyl halides is 3. The van der Waals surface area contributed by atoms with Crippen LogP contribution in [0, 0.1) is 5.92 Å². The molecule has 1 aromatic carbocycles. The Morgan fingerprint density at radius 1 is 1.16 bits per heavy atom. The Morgan fingerprint density at radius 2 is 1.82 bits per heavy atom. The summed E-state index contributed by atoms with van der Waals surface area (Å²) < 4.78 is 41.7. The third-order valence-electron chi connectivity index (χ3n) is 7.58. The van der Waals surface area contributed by atoms with Gasteiger partial charge in [-0.05, 0) is 63.9 Å². The zero-order valence-corrected chi connectivity index (χ0v) is 22.3. The second-order valence-electron chi connectivity index (χ2n) is 10.7. The Hall–Kier alpha value is -3.08. The van der Waals surface area contributed by atoms with E-state index in [1.807, 2.05) is 20.9 Å². The lowest BCUT2D eigenvalue weighted by atomic mass is 9.91. The fourth-order valence-electron chi connectivity index (χ4n) is 5.61. The number of hydrogen-bond acceptors (Lipinski definition) is 4. The molecule has 0 saturated carbocycles. The molecule has 0 radical (unpaired) electrons. The number of piperidine rings is 1. The summed E-state index contributed by atoms with van der Waals surface area (Å²) in [6.45, 7) is 7.58. The normalized spacial score (nSPS) is 22.2. The van der Waals surface area contributed by atoms with Crippen molar-refractivity contribution in [3.05, 3.63) is 46.7 Å². The van der Waals surface area contributed by atoms with Crippen molar-refractivity contribution in [2.75, 3.05) is 33.2 Å². The molecule has 3 aliphatic rings. The van der Waals surface area contributed by atoms with Gasteiger partial charge in [0, 0.05) is 12.6 Å². The number of hydrogen-bond donors (Lipinski definition) is 2. The van der Waals surface area contributed by atoms with Gasteiger partial charge in [-0.2, -0.15) is 13.2 Å². The summed E-state index contributed by atoms with van der Waals surface area (Å²) in [6, 6.07) is 2.31. The summed E-state index contributed by atoms with van der Waals surface area (Å²) >= 11 is 0. The molecule has 38 heavy (non-hydrogen) atoms. The largest absolute Gasteiger partial charge is 0.416 e. The van der Waals surface area contributed by atoms with Crippen LogP contribution in [0.4, 0.5) is 18.0 Å². The Balaban J connectivity index is 1.68. The minimum absolute atomic E-state index is 0.00422. The van der Waals surface area contributed by atoms with E-state index in [1.54, 1.807) is 6.92 Å². The minimum atomic E-state index is -4.67. The second kappa shape index (κ2) is 11.0. The highest BCUT2D eigenvalue weighted by molar-refractivity contribution is 6.03. The number of nitrogens with zero attached hydrogens (tertiary/aromatic N) is 3. The number of likely N-dealkylation sites (N-methyl/N-ethyl adjacent to an activating group) is 1. The molecule has 0 spiro atoms. The molecule has 0 aliphatic carbocycles. The van der Waals surface area contributed by atoms with Gasteiger partial charge in [-0.1, -0.05) is 32.0 Å². The van der Waals surface area contributed by atoms with Crippen molar-refractivity contribution in [3.8, 4) is 0 Å². The van der Waals surface area contributed by atoms with Crippen LogP contribution in [0.1, 0.15) is 57.2 Å². The quantitative estimate of drug-likeness (QED) is 0.560. The average molecular weight is 536 g/mol. The molecule has 3 heterocycles. The van der Waals surface area contributed by atoms with Gasteiger partial charge in [-0.25, -0.2) is 4.79 Å². The summed E-state index contributed by atoms with van der Waals surface area (Å²) in [5.41, 5.74) is -0.664. The highest BCUT2D eigenvalue weighted by Crippen LogP contribution is 2.42. The Kier molecular flexibility index (Phi) is 8.06. The first kappa shape index (κ1) is 27.9. The summed E-state index contributed by atoms with van der Waals surface area (Å²) in [7, 11) is 2.03. The van der Waals surface area contributed by atoms with E-state index in [4.69, 9.17) is 0 Å². The fraction of sp³-hybridized carbons (Fsp3) is 0.593. The van der Waals surface area contributed by atoms with Gasteiger partial charge in [-0.15, -0.1) is 0 Å². The van der Waals surface area contributed by atoms with Crippen molar-refractivity contribution in [3.63, 3.8) is 0 Å². The van der Waals surface area contributed by atoms with Crippen molar-refractivity contribution in [2.24, 2.45) is 5.92 Å². The molecule has 2 N–H and O–H groups in total. The van der Waals surface area contributed by atoms with Gasteiger partial charge in [-0.3, -0.25) is 14.5 Å². The smallest absolute Gasteiger partial charge is 0.351 e. The van der Waals surface area contributed by atoms with Gasteiger partial charge in [0.1, 0.15) is 6.04 Å². The highest BCUT2D eigenvalue weighted by atomic mass is 19.4. The number of rotatable bonds is 7. The molecule has 0 aromatic heterocycles. The van der Waals surface area contributed by atoms with Gasteiger partial charge in [0.05, 0.1) is 29.4 Å². The molecule has 0 unspecified atom stereocenters. The van der Waals surface area contributed by atoms with Gasteiger partial charge in [0.25, 0.3) is 5.91 Å². The molecule has 1 fully saturated rings. The van der Waals surface area contributed by atoms with Crippen LogP contribution in [-0.2, 0) is 15.8 Å². The van der Waals surface area contributed by atoms with Gasteiger partial charge in [0.2, 0.25) is 5.91 Å². The third-order valence-corrected chi connectivity index (χ3v) is 7.58. The maximum atomic E-state index is 13.9. The molecule has 0 bridgehead atoms. The number of amides is 4. The zero-order valence-electron chi connectivity index (χ0n) is 22.3. The lowest BCUT2D eigenvalue weighted by molar-refractivity contribution is -0.139. The number of halogens is 3. The molecule has 2 atom stereocenters. The third kappa shape index (κ3) is 5.52. The van der Waals surface area contributed by atoms with Crippen LogP contribution in [0.2, 0.25) is 0 Å². The second-order valence-corrected chi connectivity index (χ2v) is 10.7. The molecular weight excluding hydrogens is 499 g/mol. The molecule has 1 saturated heterocycles. The van der Waals surface area contributed by atoms with Crippen molar-refractivity contribution in [1.82, 2.24) is 25.3 Å². The van der Waals surface area contributed by atoms with Crippen LogP contribution in [0.25, 0.3) is 0 Å². The van der Waals surface area contributed by atoms with E-state index in [0.29, 0.717) is 12.1 Å². The van der Waals surface area contributed by atoms with Gasteiger partial charge >= 0.3 is 12.2 Å². The topological polar surface area (TPSA) is 85.0 Å². The van der Waals surface area contributed by atoms with Crippen molar-refractivity contribution in [2.45, 2.75) is 64.3 Å². The first-order valence-electron chi connectivity index (χ1n) is 13.2. The van der Waals surface area contributed by atoms with E-state index in [1.165, 1.54) is 28.0 Å². The minimum Gasteiger partial charge on any atom is -0.351 e. The van der Waals surface area contributed by atoms with Crippen LogP contribution >= 0.6 is 0 Å². The van der Waals surface area contributed by atoms with E-state index in [2.05, 4.69) is 15.5 Å². The van der Waals surface area contributed by atoms with E-state index >= 15 is 0 Å². The number of benzene rings is 1. The zero-order chi connectivity index (χ0) is 27.8. The van der Waals surface area contributed by atoms with Crippen LogP contribution in [-0.4, -0.2) is 77.9 Å². The Morgan fingerprint density at radius 3 is 2.42 bits per heavy atom. The molecule has 4 rings (SSSR count). The van der Waals surface area contributed by atoms with E-state index in [-0.39, 0.29) is 42.1 Å². The van der Waals surface area contributed by atoms with Gasteiger partial charge in [0.15, 0.2) is 0 Å². The van der Waals surface area contributed by atoms with Crippen LogP contribution in [0.15, 0.2) is 35.5 Å². The lowest BCUT2D eigenvalue weighted by Crippen LogP contribution is -2.53. The first-order valence-corrected chi connectivity index (χ1v) is 13.2. The maximum absolute atomic E-state index is 13.9. The summed E-state index contributed by atoms with van der Waals surface area (Å²) in [4.78, 5) is 45.5. The molecule has 11 heteroatoms. The number of urea groups is 1. The summed E-state index contributed by atoms with van der Waals surface area (Å²) in [6.07, 6.45) is -2.67. The van der Waals surface area contributed by atoms with Crippen LogP contribution in [0.5, 0.6) is 0 Å². The molecule has 8 nitrogen and oxygen atoms in total. The predicted molar refractivity (Wildman–Crippen MR) is 136 cm³/mol. The lowest BCUT2D eigenvalue weighted by Gasteiger charge is -2.34.